The second-order valence-corrected chi connectivity index (χ2v) is 5.76. The first-order chi connectivity index (χ1) is 11.1. The fraction of sp³-hybridized carbons (Fsp3) is 0.333. The summed E-state index contributed by atoms with van der Waals surface area (Å²) in [6.07, 6.45) is 1.69. The van der Waals surface area contributed by atoms with E-state index in [1.54, 1.807) is 35.4 Å². The van der Waals surface area contributed by atoms with Gasteiger partial charge < -0.3 is 14.4 Å². The number of nitrogens with zero attached hydrogens (tertiary/aromatic N) is 3. The Balaban J connectivity index is 1.63. The summed E-state index contributed by atoms with van der Waals surface area (Å²) in [5.74, 6) is 0.364. The Bertz CT molecular complexity index is 699. The highest BCUT2D eigenvalue weighted by atomic mass is 35.5. The number of hydrogen-bond donors (Lipinski definition) is 0. The molecule has 0 spiro atoms. The van der Waals surface area contributed by atoms with Crippen LogP contribution in [0.5, 0.6) is 5.75 Å². The van der Waals surface area contributed by atoms with Crippen LogP contribution in [0.4, 0.5) is 0 Å². The molecule has 1 aliphatic heterocycles. The van der Waals surface area contributed by atoms with E-state index >= 15 is 0 Å². The van der Waals surface area contributed by atoms with Crippen LogP contribution in [0.2, 0.25) is 10.0 Å². The molecule has 23 heavy (non-hydrogen) atoms. The van der Waals surface area contributed by atoms with Crippen molar-refractivity contribution in [3.63, 3.8) is 0 Å². The van der Waals surface area contributed by atoms with Gasteiger partial charge in [-0.25, -0.2) is 4.68 Å². The second kappa shape index (κ2) is 7.21. The fourth-order valence-electron chi connectivity index (χ4n) is 2.21. The lowest BCUT2D eigenvalue weighted by Gasteiger charge is -2.25. The molecular weight excluding hydrogens is 341 g/mol. The van der Waals surface area contributed by atoms with Gasteiger partial charge in [0.15, 0.2) is 12.4 Å². The Hall–Kier alpha value is -1.76. The maximum absolute atomic E-state index is 12.3. The third kappa shape index (κ3) is 3.77. The molecule has 1 fully saturated rings. The van der Waals surface area contributed by atoms with E-state index in [0.717, 1.165) is 0 Å². The molecule has 1 aliphatic rings. The average Bonchev–Trinajstić information content (AvgIpc) is 3.05. The minimum Gasteiger partial charge on any atom is -0.470 e. The number of aromatic nitrogens is 2. The first kappa shape index (κ1) is 16.1. The molecule has 2 heterocycles. The highest BCUT2D eigenvalue weighted by Gasteiger charge is 2.20. The van der Waals surface area contributed by atoms with Crippen molar-refractivity contribution in [1.82, 2.24) is 14.7 Å². The number of rotatable bonds is 4. The molecule has 0 saturated carbocycles. The number of carbonyl (C=O) groups is 1. The Morgan fingerprint density at radius 3 is 2.83 bits per heavy atom. The standard InChI is InChI=1S/C15H15Cl2N3O3/c16-11-2-1-3-13(14(11)17)23-10-20-5-4-12(18-20)15(21)19-6-8-22-9-7-19/h1-5H,6-10H2. The molecule has 1 aromatic carbocycles. The summed E-state index contributed by atoms with van der Waals surface area (Å²) in [5.41, 5.74) is 0.382. The van der Waals surface area contributed by atoms with Crippen LogP contribution in [0.1, 0.15) is 10.5 Å². The number of halogens is 2. The van der Waals surface area contributed by atoms with E-state index in [-0.39, 0.29) is 12.6 Å². The minimum absolute atomic E-state index is 0.104. The summed E-state index contributed by atoms with van der Waals surface area (Å²) in [6, 6.07) is 6.82. The number of benzene rings is 1. The molecule has 0 radical (unpaired) electrons. The van der Waals surface area contributed by atoms with Crippen molar-refractivity contribution < 1.29 is 14.3 Å². The lowest BCUT2D eigenvalue weighted by molar-refractivity contribution is 0.0298. The molecule has 3 rings (SSSR count). The van der Waals surface area contributed by atoms with Gasteiger partial charge in [0.05, 0.1) is 18.2 Å². The quantitative estimate of drug-likeness (QED) is 0.845. The number of hydrogen-bond acceptors (Lipinski definition) is 4. The first-order valence-electron chi connectivity index (χ1n) is 7.12. The Morgan fingerprint density at radius 1 is 1.26 bits per heavy atom. The lowest BCUT2D eigenvalue weighted by Crippen LogP contribution is -2.40. The van der Waals surface area contributed by atoms with E-state index in [0.29, 0.717) is 47.8 Å². The molecule has 2 aromatic rings. The average molecular weight is 356 g/mol. The van der Waals surface area contributed by atoms with Gasteiger partial charge in [-0.1, -0.05) is 29.3 Å². The summed E-state index contributed by atoms with van der Waals surface area (Å²) in [5, 5.41) is 5.01. The van der Waals surface area contributed by atoms with E-state index in [4.69, 9.17) is 32.7 Å². The van der Waals surface area contributed by atoms with Crippen LogP contribution in [-0.2, 0) is 11.5 Å². The Kier molecular flexibility index (Phi) is 5.05. The molecule has 1 amide bonds. The maximum Gasteiger partial charge on any atom is 0.274 e. The van der Waals surface area contributed by atoms with Crippen LogP contribution in [0.25, 0.3) is 0 Å². The molecule has 0 atom stereocenters. The molecule has 1 aromatic heterocycles. The molecule has 1 saturated heterocycles. The van der Waals surface area contributed by atoms with Crippen LogP contribution >= 0.6 is 23.2 Å². The smallest absolute Gasteiger partial charge is 0.274 e. The van der Waals surface area contributed by atoms with Crippen molar-refractivity contribution in [3.8, 4) is 5.75 Å². The van der Waals surface area contributed by atoms with Crippen LogP contribution < -0.4 is 4.74 Å². The van der Waals surface area contributed by atoms with Crippen molar-refractivity contribution in [2.24, 2.45) is 0 Å². The Morgan fingerprint density at radius 2 is 2.04 bits per heavy atom. The van der Waals surface area contributed by atoms with Gasteiger partial charge in [0.2, 0.25) is 0 Å². The van der Waals surface area contributed by atoms with Gasteiger partial charge in [-0.15, -0.1) is 0 Å². The number of ether oxygens (including phenoxy) is 2. The molecule has 0 aliphatic carbocycles. The summed E-state index contributed by atoms with van der Waals surface area (Å²) >= 11 is 12.0. The maximum atomic E-state index is 12.3. The SMILES string of the molecule is O=C(c1ccn(COc2cccc(Cl)c2Cl)n1)N1CCOCC1. The molecule has 122 valence electrons. The highest BCUT2D eigenvalue weighted by molar-refractivity contribution is 6.42. The zero-order valence-electron chi connectivity index (χ0n) is 12.2. The topological polar surface area (TPSA) is 56.6 Å². The van der Waals surface area contributed by atoms with Crippen LogP contribution in [0.3, 0.4) is 0 Å². The zero-order chi connectivity index (χ0) is 16.2. The summed E-state index contributed by atoms with van der Waals surface area (Å²) in [4.78, 5) is 14.0. The predicted molar refractivity (Wildman–Crippen MR) is 86.0 cm³/mol. The largest absolute Gasteiger partial charge is 0.470 e. The molecule has 6 nitrogen and oxygen atoms in total. The van der Waals surface area contributed by atoms with Crippen LogP contribution in [-0.4, -0.2) is 46.9 Å². The number of carbonyl (C=O) groups excluding carboxylic acids is 1. The van der Waals surface area contributed by atoms with E-state index in [1.165, 1.54) is 4.68 Å². The fourth-order valence-corrected chi connectivity index (χ4v) is 2.55. The third-order valence-electron chi connectivity index (χ3n) is 3.43. The van der Waals surface area contributed by atoms with Crippen molar-refractivity contribution >= 4 is 29.1 Å². The summed E-state index contributed by atoms with van der Waals surface area (Å²) in [6.45, 7) is 2.42. The van der Waals surface area contributed by atoms with Crippen molar-refractivity contribution in [1.29, 1.82) is 0 Å². The molecule has 0 N–H and O–H groups in total. The van der Waals surface area contributed by atoms with Gasteiger partial charge in [-0.2, -0.15) is 5.10 Å². The minimum atomic E-state index is -0.104. The van der Waals surface area contributed by atoms with Gasteiger partial charge in [0.1, 0.15) is 10.8 Å². The highest BCUT2D eigenvalue weighted by Crippen LogP contribution is 2.31. The Labute approximate surface area is 143 Å². The van der Waals surface area contributed by atoms with E-state index in [1.807, 2.05) is 0 Å². The van der Waals surface area contributed by atoms with Gasteiger partial charge in [-0.3, -0.25) is 4.79 Å². The van der Waals surface area contributed by atoms with Gasteiger partial charge in [-0.05, 0) is 18.2 Å². The van der Waals surface area contributed by atoms with E-state index < -0.39 is 0 Å². The number of morpholine rings is 1. The van der Waals surface area contributed by atoms with Crippen molar-refractivity contribution in [3.05, 3.63) is 46.2 Å². The molecule has 8 heteroatoms. The van der Waals surface area contributed by atoms with Gasteiger partial charge >= 0.3 is 0 Å². The van der Waals surface area contributed by atoms with Crippen molar-refractivity contribution in [2.45, 2.75) is 6.73 Å². The monoisotopic (exact) mass is 355 g/mol. The van der Waals surface area contributed by atoms with E-state index in [9.17, 15) is 4.79 Å². The van der Waals surface area contributed by atoms with Gasteiger partial charge in [0.25, 0.3) is 5.91 Å². The van der Waals surface area contributed by atoms with Crippen LogP contribution in [0, 0.1) is 0 Å². The van der Waals surface area contributed by atoms with Gasteiger partial charge in [0, 0.05) is 19.3 Å². The normalized spacial score (nSPS) is 14.8. The second-order valence-electron chi connectivity index (χ2n) is 4.97. The molecular formula is C15H15Cl2N3O3. The zero-order valence-corrected chi connectivity index (χ0v) is 13.8. The summed E-state index contributed by atoms with van der Waals surface area (Å²) in [7, 11) is 0. The molecule has 0 bridgehead atoms. The van der Waals surface area contributed by atoms with Crippen LogP contribution in [0.15, 0.2) is 30.5 Å². The lowest BCUT2D eigenvalue weighted by atomic mass is 10.3. The number of amides is 1. The predicted octanol–water partition coefficient (Wildman–Crippen LogP) is 2.70. The summed E-state index contributed by atoms with van der Waals surface area (Å²) < 4.78 is 12.4. The third-order valence-corrected chi connectivity index (χ3v) is 4.23. The first-order valence-corrected chi connectivity index (χ1v) is 7.88. The van der Waals surface area contributed by atoms with Crippen molar-refractivity contribution in [2.75, 3.05) is 26.3 Å². The van der Waals surface area contributed by atoms with E-state index in [2.05, 4.69) is 5.10 Å². The molecule has 0 unspecified atom stereocenters.